The molecule has 0 nitrogen and oxygen atoms in total. The molecule has 0 saturated heterocycles. The van der Waals surface area contributed by atoms with E-state index in [-0.39, 0.29) is 0 Å². The van der Waals surface area contributed by atoms with Crippen LogP contribution in [0.5, 0.6) is 0 Å². The topological polar surface area (TPSA) is 0 Å². The summed E-state index contributed by atoms with van der Waals surface area (Å²) in [5.74, 6) is 0. The van der Waals surface area contributed by atoms with E-state index >= 15 is 0 Å². The van der Waals surface area contributed by atoms with Crippen molar-refractivity contribution in [1.82, 2.24) is 0 Å². The summed E-state index contributed by atoms with van der Waals surface area (Å²) in [4.78, 5) is 0. The van der Waals surface area contributed by atoms with Crippen molar-refractivity contribution in [3.8, 4) is 0 Å². The van der Waals surface area contributed by atoms with Crippen molar-refractivity contribution in [2.75, 3.05) is 6.16 Å². The normalized spacial score (nSPS) is 10.3. The molecule has 0 aliphatic heterocycles. The lowest BCUT2D eigenvalue weighted by Gasteiger charge is -1.93. The summed E-state index contributed by atoms with van der Waals surface area (Å²) in [6.07, 6.45) is 2.93. The quantitative estimate of drug-likeness (QED) is 0.552. The van der Waals surface area contributed by atoms with Gasteiger partial charge < -0.3 is 0 Å². The molecule has 7 heavy (non-hydrogen) atoms. The van der Waals surface area contributed by atoms with Crippen LogP contribution in [0.1, 0.15) is 12.8 Å². The molecule has 0 spiro atoms. The van der Waals surface area contributed by atoms with Gasteiger partial charge in [0.15, 0.2) is 0 Å². The van der Waals surface area contributed by atoms with E-state index in [0.29, 0.717) is 0 Å². The Morgan fingerprint density at radius 3 is 2.14 bits per heavy atom. The van der Waals surface area contributed by atoms with Crippen LogP contribution in [-0.4, -0.2) is 6.16 Å². The Balaban J connectivity index is 2.68. The molecule has 0 heterocycles. The molecule has 0 amide bonds. The fourth-order valence-corrected chi connectivity index (χ4v) is 1.41. The molecule has 0 fully saturated rings. The van der Waals surface area contributed by atoms with Crippen LogP contribution in [0.4, 0.5) is 0 Å². The Morgan fingerprint density at radius 2 is 2.00 bits per heavy atom. The predicted molar refractivity (Wildman–Crippen MR) is 38.1 cm³/mol. The van der Waals surface area contributed by atoms with Gasteiger partial charge in [0.1, 0.15) is 0 Å². The number of rotatable bonds is 3. The fraction of sp³-hybridized carbons (Fsp3) is 0.750. The van der Waals surface area contributed by atoms with Gasteiger partial charge in [0.2, 0.25) is 0 Å². The van der Waals surface area contributed by atoms with Crippen LogP contribution in [0.3, 0.4) is 0 Å². The van der Waals surface area contributed by atoms with Crippen molar-refractivity contribution < 1.29 is 0 Å². The van der Waals surface area contributed by atoms with Crippen LogP contribution in [0.2, 0.25) is 0 Å². The van der Waals surface area contributed by atoms with Crippen LogP contribution in [0.25, 0.3) is 0 Å². The fourth-order valence-electron chi connectivity index (χ4n) is 0.231. The van der Waals surface area contributed by atoms with Gasteiger partial charge in [0.25, 0.3) is 0 Å². The average molecular weight is 158 g/mol. The highest BCUT2D eigenvalue weighted by Crippen LogP contribution is 2.47. The molecule has 0 atom stereocenters. The highest BCUT2D eigenvalue weighted by atomic mass is 35.9. The zero-order valence-corrected chi connectivity index (χ0v) is 6.44. The summed E-state index contributed by atoms with van der Waals surface area (Å²) in [6, 6.07) is 0. The molecular formula is C4H8Cl2P. The van der Waals surface area contributed by atoms with E-state index in [0.717, 1.165) is 19.0 Å². The first-order chi connectivity index (χ1) is 3.27. The molecule has 0 aliphatic rings. The molecule has 0 unspecified atom stereocenters. The van der Waals surface area contributed by atoms with Gasteiger partial charge in [-0.05, 0) is 12.6 Å². The predicted octanol–water partition coefficient (Wildman–Crippen LogP) is 3.39. The summed E-state index contributed by atoms with van der Waals surface area (Å²) in [5.41, 5.74) is 0. The zero-order chi connectivity index (χ0) is 5.70. The van der Waals surface area contributed by atoms with E-state index in [4.69, 9.17) is 22.5 Å². The van der Waals surface area contributed by atoms with Crippen molar-refractivity contribution in [3.63, 3.8) is 0 Å². The van der Waals surface area contributed by atoms with Crippen LogP contribution < -0.4 is 0 Å². The van der Waals surface area contributed by atoms with Gasteiger partial charge in [-0.3, -0.25) is 0 Å². The minimum absolute atomic E-state index is 0.702. The van der Waals surface area contributed by atoms with Gasteiger partial charge in [-0.2, -0.15) is 0 Å². The second kappa shape index (κ2) is 5.15. The van der Waals surface area contributed by atoms with E-state index in [1.165, 1.54) is 0 Å². The zero-order valence-electron chi connectivity index (χ0n) is 4.03. The molecule has 0 aromatic carbocycles. The van der Waals surface area contributed by atoms with Gasteiger partial charge in [0.05, 0.1) is 6.63 Å². The molecule has 0 bridgehead atoms. The highest BCUT2D eigenvalue weighted by molar-refractivity contribution is 8.03. The first kappa shape index (κ1) is 8.01. The summed E-state index contributed by atoms with van der Waals surface area (Å²) in [7, 11) is 0. The van der Waals surface area contributed by atoms with E-state index in [2.05, 4.69) is 6.92 Å². The van der Waals surface area contributed by atoms with Crippen molar-refractivity contribution in [1.29, 1.82) is 0 Å². The number of unbranched alkanes of at least 4 members (excludes halogenated alkanes) is 1. The van der Waals surface area contributed by atoms with Gasteiger partial charge in [0, 0.05) is 0 Å². The molecule has 0 saturated carbocycles. The Bertz CT molecular complexity index is 38.7. The molecule has 0 aliphatic carbocycles. The number of halogens is 2. The molecule has 0 N–H and O–H groups in total. The summed E-state index contributed by atoms with van der Waals surface area (Å²) >= 11 is 10.9. The first-order valence-corrected chi connectivity index (χ1v) is 5.49. The molecule has 43 valence electrons. The highest BCUT2D eigenvalue weighted by Gasteiger charge is 1.94. The van der Waals surface area contributed by atoms with E-state index in [9.17, 15) is 0 Å². The third kappa shape index (κ3) is 7.01. The minimum atomic E-state index is -0.702. The third-order valence-electron chi connectivity index (χ3n) is 0.577. The second-order valence-corrected chi connectivity index (χ2v) is 5.25. The van der Waals surface area contributed by atoms with E-state index in [1.54, 1.807) is 0 Å². The van der Waals surface area contributed by atoms with Crippen molar-refractivity contribution >= 4 is 29.1 Å². The second-order valence-electron chi connectivity index (χ2n) is 1.23. The maximum absolute atomic E-state index is 5.46. The Hall–Kier alpha value is 1.01. The summed E-state index contributed by atoms with van der Waals surface area (Å²) in [6.45, 7) is 2.95. The minimum Gasteiger partial charge on any atom is -0.0781 e. The summed E-state index contributed by atoms with van der Waals surface area (Å²) in [5, 5.41) is 0. The van der Waals surface area contributed by atoms with Crippen molar-refractivity contribution in [3.05, 3.63) is 6.92 Å². The SMILES string of the molecule is [CH2]CCCP(Cl)Cl. The Morgan fingerprint density at radius 1 is 1.43 bits per heavy atom. The molecule has 3 heteroatoms. The lowest BCUT2D eigenvalue weighted by molar-refractivity contribution is 0.968. The molecule has 0 rings (SSSR count). The lowest BCUT2D eigenvalue weighted by atomic mass is 10.4. The van der Waals surface area contributed by atoms with Crippen LogP contribution >= 0.6 is 29.1 Å². The van der Waals surface area contributed by atoms with Crippen LogP contribution in [-0.2, 0) is 0 Å². The first-order valence-electron chi connectivity index (χ1n) is 2.15. The number of hydrogen-bond donors (Lipinski definition) is 0. The Labute approximate surface area is 55.5 Å². The van der Waals surface area contributed by atoms with Crippen LogP contribution in [0.15, 0.2) is 0 Å². The van der Waals surface area contributed by atoms with Gasteiger partial charge in [-0.1, -0.05) is 35.8 Å². The monoisotopic (exact) mass is 157 g/mol. The van der Waals surface area contributed by atoms with Gasteiger partial charge in [-0.25, -0.2) is 0 Å². The molecule has 0 aromatic heterocycles. The lowest BCUT2D eigenvalue weighted by Crippen LogP contribution is -1.71. The maximum Gasteiger partial charge on any atom is 0.0854 e. The number of hydrogen-bond acceptors (Lipinski definition) is 0. The third-order valence-corrected chi connectivity index (χ3v) is 2.25. The molecule has 1 radical (unpaired) electrons. The summed E-state index contributed by atoms with van der Waals surface area (Å²) < 4.78 is 0. The smallest absolute Gasteiger partial charge is 0.0781 e. The average Bonchev–Trinajstić information content (AvgIpc) is 1.61. The van der Waals surface area contributed by atoms with E-state index < -0.39 is 6.63 Å². The standard InChI is InChI=1S/C4H8Cl2P/c1-2-3-4-7(5)6/h1-4H2. The molecule has 0 aromatic rings. The molecular weight excluding hydrogens is 150 g/mol. The van der Waals surface area contributed by atoms with Crippen molar-refractivity contribution in [2.24, 2.45) is 0 Å². The van der Waals surface area contributed by atoms with E-state index in [1.807, 2.05) is 0 Å². The van der Waals surface area contributed by atoms with Crippen molar-refractivity contribution in [2.45, 2.75) is 12.8 Å². The van der Waals surface area contributed by atoms with Gasteiger partial charge >= 0.3 is 0 Å². The maximum atomic E-state index is 5.46. The van der Waals surface area contributed by atoms with Crippen LogP contribution in [0, 0.1) is 6.92 Å². The Kier molecular flexibility index (Phi) is 5.90. The largest absolute Gasteiger partial charge is 0.0854 e. The van der Waals surface area contributed by atoms with Gasteiger partial charge in [-0.15, -0.1) is 0 Å².